The number of aryl methyl sites for hydroxylation is 1. The molecule has 4 nitrogen and oxygen atoms in total. The predicted molar refractivity (Wildman–Crippen MR) is 118 cm³/mol. The minimum absolute atomic E-state index is 0.161. The van der Waals surface area contributed by atoms with Crippen LogP contribution in [0.1, 0.15) is 23.4 Å². The van der Waals surface area contributed by atoms with Gasteiger partial charge < -0.3 is 4.57 Å². The lowest BCUT2D eigenvalue weighted by Gasteiger charge is -2.10. The molecule has 0 saturated carbocycles. The molecule has 1 amide bonds. The summed E-state index contributed by atoms with van der Waals surface area (Å²) in [4.78, 5) is 13.0. The first-order valence-electron chi connectivity index (χ1n) is 9.10. The quantitative estimate of drug-likeness (QED) is 0.305. The third kappa shape index (κ3) is 5.49. The molecule has 0 atom stereocenters. The molecular weight excluding hydrogens is 409 g/mol. The maximum absolute atomic E-state index is 14.1. The Morgan fingerprint density at radius 2 is 1.93 bits per heavy atom. The Hall–Kier alpha value is -2.57. The largest absolute Gasteiger partial charge is 0.315 e. The Morgan fingerprint density at radius 1 is 1.21 bits per heavy atom. The predicted octanol–water partition coefficient (Wildman–Crippen LogP) is 5.52. The summed E-state index contributed by atoms with van der Waals surface area (Å²) in [5.41, 5.74) is 5.60. The van der Waals surface area contributed by atoms with Gasteiger partial charge in [-0.1, -0.05) is 23.7 Å². The smallest absolute Gasteiger partial charge is 0.240 e. The molecule has 3 rings (SSSR count). The van der Waals surface area contributed by atoms with E-state index in [9.17, 15) is 9.18 Å². The first-order chi connectivity index (χ1) is 14.0. The third-order valence-corrected chi connectivity index (χ3v) is 5.63. The molecule has 0 aliphatic carbocycles. The summed E-state index contributed by atoms with van der Waals surface area (Å²) >= 11 is 7.44. The molecule has 1 N–H and O–H groups in total. The van der Waals surface area contributed by atoms with Crippen molar-refractivity contribution < 1.29 is 9.18 Å². The van der Waals surface area contributed by atoms with E-state index in [4.69, 9.17) is 11.6 Å². The molecule has 0 saturated heterocycles. The number of carbonyl (C=O) groups excluding carboxylic acids is 1. The Balaban J connectivity index is 1.56. The molecule has 150 valence electrons. The zero-order chi connectivity index (χ0) is 20.8. The fourth-order valence-electron chi connectivity index (χ4n) is 2.94. The van der Waals surface area contributed by atoms with E-state index >= 15 is 0 Å². The SMILES string of the molecule is Cc1cc(/C=N\NC(=O)CCSc2ccc(Cl)cc2)c(C)n1-c1ccccc1F. The number of benzene rings is 2. The molecule has 29 heavy (non-hydrogen) atoms. The van der Waals surface area contributed by atoms with Gasteiger partial charge in [-0.25, -0.2) is 9.82 Å². The van der Waals surface area contributed by atoms with Crippen LogP contribution in [0.2, 0.25) is 5.02 Å². The van der Waals surface area contributed by atoms with E-state index < -0.39 is 0 Å². The molecular formula is C22H21ClFN3OS. The molecule has 1 heterocycles. The lowest BCUT2D eigenvalue weighted by atomic mass is 10.2. The molecule has 7 heteroatoms. The fourth-order valence-corrected chi connectivity index (χ4v) is 3.92. The molecule has 0 fully saturated rings. The minimum atomic E-state index is -0.288. The van der Waals surface area contributed by atoms with E-state index in [0.29, 0.717) is 22.9 Å². The van der Waals surface area contributed by atoms with Gasteiger partial charge in [0, 0.05) is 39.0 Å². The number of nitrogens with one attached hydrogen (secondary N) is 1. The van der Waals surface area contributed by atoms with Crippen molar-refractivity contribution in [3.05, 3.63) is 82.4 Å². The van der Waals surface area contributed by atoms with E-state index in [1.165, 1.54) is 6.07 Å². The van der Waals surface area contributed by atoms with Gasteiger partial charge in [0.05, 0.1) is 11.9 Å². The number of para-hydroxylation sites is 1. The molecule has 0 spiro atoms. The average molecular weight is 430 g/mol. The van der Waals surface area contributed by atoms with Gasteiger partial charge in [-0.2, -0.15) is 5.10 Å². The number of nitrogens with zero attached hydrogens (tertiary/aromatic N) is 2. The van der Waals surface area contributed by atoms with Crippen LogP contribution in [0.3, 0.4) is 0 Å². The highest BCUT2D eigenvalue weighted by Crippen LogP contribution is 2.22. The average Bonchev–Trinajstić information content (AvgIpc) is 2.97. The summed E-state index contributed by atoms with van der Waals surface area (Å²) in [6.07, 6.45) is 1.93. The lowest BCUT2D eigenvalue weighted by molar-refractivity contribution is -0.120. The van der Waals surface area contributed by atoms with Gasteiger partial charge in [0.1, 0.15) is 5.82 Å². The van der Waals surface area contributed by atoms with Crippen molar-refractivity contribution in [2.75, 3.05) is 5.75 Å². The second kappa shape index (κ2) is 9.76. The monoisotopic (exact) mass is 429 g/mol. The summed E-state index contributed by atoms with van der Waals surface area (Å²) in [5.74, 6) is 0.194. The second-order valence-corrected chi connectivity index (χ2v) is 8.06. The van der Waals surface area contributed by atoms with Gasteiger partial charge in [0.25, 0.3) is 0 Å². The Bertz CT molecular complexity index is 1030. The van der Waals surface area contributed by atoms with Crippen LogP contribution in [-0.2, 0) is 4.79 Å². The van der Waals surface area contributed by atoms with E-state index in [1.54, 1.807) is 36.2 Å². The molecule has 0 aliphatic rings. The Kier molecular flexibility index (Phi) is 7.12. The Morgan fingerprint density at radius 3 is 2.66 bits per heavy atom. The van der Waals surface area contributed by atoms with Crippen molar-refractivity contribution >= 4 is 35.5 Å². The van der Waals surface area contributed by atoms with E-state index in [-0.39, 0.29) is 11.7 Å². The maximum atomic E-state index is 14.1. The highest BCUT2D eigenvalue weighted by molar-refractivity contribution is 7.99. The third-order valence-electron chi connectivity index (χ3n) is 4.37. The maximum Gasteiger partial charge on any atom is 0.240 e. The number of hydrazone groups is 1. The minimum Gasteiger partial charge on any atom is -0.315 e. The number of hydrogen-bond donors (Lipinski definition) is 1. The van der Waals surface area contributed by atoms with Crippen LogP contribution in [0.25, 0.3) is 5.69 Å². The summed E-state index contributed by atoms with van der Waals surface area (Å²) in [6, 6.07) is 16.0. The van der Waals surface area contributed by atoms with Gasteiger partial charge >= 0.3 is 0 Å². The Labute approximate surface area is 178 Å². The van der Waals surface area contributed by atoms with Gasteiger partial charge in [-0.3, -0.25) is 4.79 Å². The van der Waals surface area contributed by atoms with Crippen LogP contribution in [-0.4, -0.2) is 22.4 Å². The number of carbonyl (C=O) groups is 1. The highest BCUT2D eigenvalue weighted by Gasteiger charge is 2.12. The number of halogens is 2. The number of hydrogen-bond acceptors (Lipinski definition) is 3. The zero-order valence-corrected chi connectivity index (χ0v) is 17.7. The van der Waals surface area contributed by atoms with Crippen LogP contribution in [0.15, 0.2) is 64.6 Å². The van der Waals surface area contributed by atoms with Crippen molar-refractivity contribution in [1.29, 1.82) is 0 Å². The van der Waals surface area contributed by atoms with Crippen LogP contribution in [0.5, 0.6) is 0 Å². The van der Waals surface area contributed by atoms with Crippen LogP contribution in [0, 0.1) is 19.7 Å². The first-order valence-corrected chi connectivity index (χ1v) is 10.5. The molecule has 2 aromatic carbocycles. The fraction of sp³-hybridized carbons (Fsp3) is 0.182. The van der Waals surface area contributed by atoms with Crippen LogP contribution < -0.4 is 5.43 Å². The molecule has 0 bridgehead atoms. The molecule has 1 aromatic heterocycles. The normalized spacial score (nSPS) is 11.2. The first kappa shape index (κ1) is 21.1. The van der Waals surface area contributed by atoms with E-state index in [1.807, 2.05) is 48.7 Å². The van der Waals surface area contributed by atoms with Crippen molar-refractivity contribution in [1.82, 2.24) is 9.99 Å². The van der Waals surface area contributed by atoms with E-state index in [0.717, 1.165) is 21.8 Å². The standard InChI is InChI=1S/C22H21ClFN3OS/c1-15-13-17(16(2)27(15)21-6-4-3-5-20(21)24)14-25-26-22(28)11-12-29-19-9-7-18(23)8-10-19/h3-10,13-14H,11-12H2,1-2H3,(H,26,28)/b25-14-. The van der Waals surface area contributed by atoms with Gasteiger partial charge in [0.2, 0.25) is 5.91 Å². The molecule has 0 radical (unpaired) electrons. The highest BCUT2D eigenvalue weighted by atomic mass is 35.5. The van der Waals surface area contributed by atoms with Gasteiger partial charge in [0.15, 0.2) is 0 Å². The second-order valence-electron chi connectivity index (χ2n) is 6.46. The summed E-state index contributed by atoms with van der Waals surface area (Å²) in [7, 11) is 0. The zero-order valence-electron chi connectivity index (χ0n) is 16.2. The van der Waals surface area contributed by atoms with Crippen molar-refractivity contribution in [3.8, 4) is 5.69 Å². The number of aromatic nitrogens is 1. The van der Waals surface area contributed by atoms with Crippen molar-refractivity contribution in [2.45, 2.75) is 25.2 Å². The van der Waals surface area contributed by atoms with Crippen molar-refractivity contribution in [3.63, 3.8) is 0 Å². The summed E-state index contributed by atoms with van der Waals surface area (Å²) in [5, 5.41) is 4.74. The number of amides is 1. The summed E-state index contributed by atoms with van der Waals surface area (Å²) in [6.45, 7) is 3.80. The van der Waals surface area contributed by atoms with Crippen LogP contribution in [0.4, 0.5) is 4.39 Å². The van der Waals surface area contributed by atoms with Crippen LogP contribution >= 0.6 is 23.4 Å². The lowest BCUT2D eigenvalue weighted by Crippen LogP contribution is -2.17. The molecule has 0 unspecified atom stereocenters. The number of rotatable bonds is 7. The summed E-state index contributed by atoms with van der Waals surface area (Å²) < 4.78 is 16.0. The molecule has 3 aromatic rings. The van der Waals surface area contributed by atoms with Gasteiger partial charge in [-0.05, 0) is 56.3 Å². The number of thioether (sulfide) groups is 1. The van der Waals surface area contributed by atoms with E-state index in [2.05, 4.69) is 10.5 Å². The van der Waals surface area contributed by atoms with Crippen molar-refractivity contribution in [2.24, 2.45) is 5.10 Å². The van der Waals surface area contributed by atoms with Gasteiger partial charge in [-0.15, -0.1) is 11.8 Å². The topological polar surface area (TPSA) is 46.4 Å². The molecule has 0 aliphatic heterocycles.